The van der Waals surface area contributed by atoms with Gasteiger partial charge in [-0.05, 0) is 49.9 Å². The third kappa shape index (κ3) is 11.9. The number of aromatic nitrogens is 1. The molecule has 2 amide bonds. The summed E-state index contributed by atoms with van der Waals surface area (Å²) in [7, 11) is 0. The summed E-state index contributed by atoms with van der Waals surface area (Å²) in [6, 6.07) is 17.7. The number of guanidine groups is 2. The van der Waals surface area contributed by atoms with Crippen molar-refractivity contribution in [2.45, 2.75) is 37.8 Å². The third-order valence-corrected chi connectivity index (χ3v) is 6.80. The number of nitrogens with zero attached hydrogens (tertiary/aromatic N) is 4. The largest absolute Gasteiger partial charge is 0.370 e. The second kappa shape index (κ2) is 17.3. The molecular formula is C30H43N11O2. The molecule has 3 rings (SSSR count). The number of amides is 2. The van der Waals surface area contributed by atoms with Crippen LogP contribution in [0.4, 0.5) is 5.69 Å². The standard InChI is InChI=1S/C30H43N11O2/c31-24(10-6-16-41(17-14-36-29(32)33)18-15-37-30(34)35)27(42)40-26(13-12-21-7-2-1-3-8-21)28(43)39-23-19-22-9-4-5-11-25(22)38-20-23/h1-5,7-9,11,19-20,24,26H,6,10,12-18,31H2,(H,39,43)(H,40,42)(H4,32,33,36)(H4,34,35,37)/t24-,26+/m0/s1. The molecule has 0 saturated carbocycles. The van der Waals surface area contributed by atoms with Crippen molar-refractivity contribution in [1.82, 2.24) is 15.2 Å². The molecular weight excluding hydrogens is 546 g/mol. The third-order valence-electron chi connectivity index (χ3n) is 6.80. The SMILES string of the molecule is NC(N)=NCCN(CCC[C@H](N)C(=O)N[C@H](CCc1ccccc1)C(=O)Nc1cnc2ccccc2c1)CCN=C(N)N. The molecule has 0 fully saturated rings. The molecule has 0 spiro atoms. The maximum Gasteiger partial charge on any atom is 0.247 e. The van der Waals surface area contributed by atoms with Crippen LogP contribution in [-0.2, 0) is 16.0 Å². The summed E-state index contributed by atoms with van der Waals surface area (Å²) in [6.45, 7) is 2.65. The molecule has 3 aromatic rings. The molecule has 0 unspecified atom stereocenters. The van der Waals surface area contributed by atoms with Gasteiger partial charge in [-0.25, -0.2) is 0 Å². The monoisotopic (exact) mass is 589 g/mol. The van der Waals surface area contributed by atoms with Crippen molar-refractivity contribution in [3.8, 4) is 0 Å². The molecule has 2 atom stereocenters. The lowest BCUT2D eigenvalue weighted by atomic mass is 10.0. The first kappa shape index (κ1) is 32.8. The van der Waals surface area contributed by atoms with Gasteiger partial charge in [0.15, 0.2) is 11.9 Å². The lowest BCUT2D eigenvalue weighted by molar-refractivity contribution is -0.127. The van der Waals surface area contributed by atoms with Crippen LogP contribution in [0.2, 0.25) is 0 Å². The molecule has 0 saturated heterocycles. The lowest BCUT2D eigenvalue weighted by Crippen LogP contribution is -2.50. The van der Waals surface area contributed by atoms with Gasteiger partial charge in [0.05, 0.1) is 36.5 Å². The zero-order valence-electron chi connectivity index (χ0n) is 24.4. The molecule has 1 aromatic heterocycles. The van der Waals surface area contributed by atoms with Crippen LogP contribution in [0.15, 0.2) is 76.8 Å². The number of rotatable bonds is 17. The van der Waals surface area contributed by atoms with Crippen LogP contribution >= 0.6 is 0 Å². The number of fused-ring (bicyclic) bond motifs is 1. The van der Waals surface area contributed by atoms with Crippen LogP contribution in [0, 0.1) is 0 Å². The number of nitrogens with one attached hydrogen (secondary N) is 2. The minimum atomic E-state index is -0.799. The predicted molar refractivity (Wildman–Crippen MR) is 172 cm³/mol. The Bertz CT molecular complexity index is 1350. The molecule has 0 bridgehead atoms. The van der Waals surface area contributed by atoms with E-state index in [2.05, 4.69) is 30.5 Å². The number of nitrogens with two attached hydrogens (primary N) is 5. The van der Waals surface area contributed by atoms with Crippen LogP contribution in [-0.4, -0.2) is 78.4 Å². The van der Waals surface area contributed by atoms with E-state index in [-0.39, 0.29) is 17.8 Å². The molecule has 13 heteroatoms. The first-order chi connectivity index (χ1) is 20.7. The van der Waals surface area contributed by atoms with Crippen LogP contribution in [0.25, 0.3) is 10.9 Å². The number of hydrogen-bond acceptors (Lipinski definition) is 7. The number of aryl methyl sites for hydroxylation is 1. The first-order valence-corrected chi connectivity index (χ1v) is 14.3. The maximum absolute atomic E-state index is 13.4. The van der Waals surface area contributed by atoms with E-state index in [1.54, 1.807) is 6.20 Å². The topological polar surface area (TPSA) is 229 Å². The quantitative estimate of drug-likeness (QED) is 0.0843. The predicted octanol–water partition coefficient (Wildman–Crippen LogP) is 0.247. The maximum atomic E-state index is 13.4. The van der Waals surface area contributed by atoms with E-state index >= 15 is 0 Å². The summed E-state index contributed by atoms with van der Waals surface area (Å²) >= 11 is 0. The Balaban J connectivity index is 1.59. The Morgan fingerprint density at radius 1 is 0.837 bits per heavy atom. The van der Waals surface area contributed by atoms with Gasteiger partial charge in [-0.1, -0.05) is 48.5 Å². The highest BCUT2D eigenvalue weighted by atomic mass is 16.2. The minimum Gasteiger partial charge on any atom is -0.370 e. The van der Waals surface area contributed by atoms with Crippen molar-refractivity contribution in [2.24, 2.45) is 38.7 Å². The second-order valence-corrected chi connectivity index (χ2v) is 10.2. The Kier molecular flexibility index (Phi) is 13.2. The van der Waals surface area contributed by atoms with Gasteiger partial charge in [-0.15, -0.1) is 0 Å². The van der Waals surface area contributed by atoms with Crippen molar-refractivity contribution < 1.29 is 9.59 Å². The molecule has 13 nitrogen and oxygen atoms in total. The van der Waals surface area contributed by atoms with Crippen molar-refractivity contribution in [3.05, 3.63) is 72.4 Å². The average molecular weight is 590 g/mol. The zero-order chi connectivity index (χ0) is 31.0. The van der Waals surface area contributed by atoms with Gasteiger partial charge >= 0.3 is 0 Å². The molecule has 12 N–H and O–H groups in total. The van der Waals surface area contributed by atoms with Crippen LogP contribution in [0.3, 0.4) is 0 Å². The van der Waals surface area contributed by atoms with Crippen LogP contribution < -0.4 is 39.3 Å². The molecule has 0 aliphatic heterocycles. The Morgan fingerprint density at radius 3 is 2.16 bits per heavy atom. The van der Waals surface area contributed by atoms with Gasteiger partial charge in [0.1, 0.15) is 6.04 Å². The molecule has 0 radical (unpaired) electrons. The molecule has 230 valence electrons. The molecule has 0 aliphatic carbocycles. The van der Waals surface area contributed by atoms with E-state index in [0.717, 1.165) is 16.5 Å². The van der Waals surface area contributed by atoms with E-state index in [9.17, 15) is 9.59 Å². The Labute approximate surface area is 252 Å². The summed E-state index contributed by atoms with van der Waals surface area (Å²) in [5.41, 5.74) is 30.4. The number of carbonyl (C=O) groups is 2. The number of anilines is 1. The van der Waals surface area contributed by atoms with Crippen molar-refractivity contribution in [1.29, 1.82) is 0 Å². The Morgan fingerprint density at radius 2 is 1.49 bits per heavy atom. The van der Waals surface area contributed by atoms with E-state index in [0.29, 0.717) is 64.1 Å². The highest BCUT2D eigenvalue weighted by Crippen LogP contribution is 2.17. The second-order valence-electron chi connectivity index (χ2n) is 10.2. The van der Waals surface area contributed by atoms with E-state index in [4.69, 9.17) is 28.7 Å². The summed E-state index contributed by atoms with van der Waals surface area (Å²) in [5, 5.41) is 6.68. The molecule has 1 heterocycles. The normalized spacial score (nSPS) is 12.3. The fraction of sp³-hybridized carbons (Fsp3) is 0.367. The fourth-order valence-electron chi connectivity index (χ4n) is 4.51. The smallest absolute Gasteiger partial charge is 0.247 e. The number of pyridine rings is 1. The molecule has 0 aliphatic rings. The van der Waals surface area contributed by atoms with E-state index < -0.39 is 18.0 Å². The van der Waals surface area contributed by atoms with Crippen molar-refractivity contribution in [2.75, 3.05) is 38.0 Å². The Hall–Kier alpha value is -4.75. The van der Waals surface area contributed by atoms with Crippen molar-refractivity contribution >= 4 is 40.3 Å². The van der Waals surface area contributed by atoms with Gasteiger partial charge in [0.25, 0.3) is 0 Å². The first-order valence-electron chi connectivity index (χ1n) is 14.3. The number of benzene rings is 2. The van der Waals surface area contributed by atoms with Crippen LogP contribution in [0.5, 0.6) is 0 Å². The number of para-hydroxylation sites is 1. The zero-order valence-corrected chi connectivity index (χ0v) is 24.4. The van der Waals surface area contributed by atoms with Gasteiger partial charge in [-0.2, -0.15) is 0 Å². The summed E-state index contributed by atoms with van der Waals surface area (Å²) in [4.78, 5) is 41.1. The molecule has 43 heavy (non-hydrogen) atoms. The summed E-state index contributed by atoms with van der Waals surface area (Å²) < 4.78 is 0. The van der Waals surface area contributed by atoms with Gasteiger partial charge in [0.2, 0.25) is 11.8 Å². The van der Waals surface area contributed by atoms with E-state index in [1.807, 2.05) is 60.7 Å². The highest BCUT2D eigenvalue weighted by Gasteiger charge is 2.24. The van der Waals surface area contributed by atoms with Gasteiger partial charge < -0.3 is 39.3 Å². The minimum absolute atomic E-state index is 0.0191. The highest BCUT2D eigenvalue weighted by molar-refractivity contribution is 5.98. The lowest BCUT2D eigenvalue weighted by Gasteiger charge is -2.23. The van der Waals surface area contributed by atoms with E-state index in [1.165, 1.54) is 0 Å². The van der Waals surface area contributed by atoms with Crippen molar-refractivity contribution in [3.63, 3.8) is 0 Å². The number of carbonyl (C=O) groups excluding carboxylic acids is 2. The van der Waals surface area contributed by atoms with Gasteiger partial charge in [-0.3, -0.25) is 29.5 Å². The summed E-state index contributed by atoms with van der Waals surface area (Å²) in [5.74, 6) is -0.687. The van der Waals surface area contributed by atoms with Crippen LogP contribution in [0.1, 0.15) is 24.8 Å². The molecule has 2 aromatic carbocycles. The average Bonchev–Trinajstić information content (AvgIpc) is 2.98. The fourth-order valence-corrected chi connectivity index (χ4v) is 4.51. The number of hydrogen-bond donors (Lipinski definition) is 7. The van der Waals surface area contributed by atoms with Gasteiger partial charge in [0, 0.05) is 18.5 Å². The summed E-state index contributed by atoms with van der Waals surface area (Å²) in [6.07, 6.45) is 3.65. The number of aliphatic imine (C=N–C) groups is 2.